The highest BCUT2D eigenvalue weighted by Crippen LogP contribution is 2.35. The van der Waals surface area contributed by atoms with Crippen molar-refractivity contribution >= 4 is 65.0 Å². The molecule has 0 aliphatic heterocycles. The Kier molecular flexibility index (Phi) is 5.86. The van der Waals surface area contributed by atoms with Gasteiger partial charge in [-0.25, -0.2) is 0 Å². The lowest BCUT2D eigenvalue weighted by molar-refractivity contribution is -0.137. The van der Waals surface area contributed by atoms with Crippen LogP contribution in [0.3, 0.4) is 0 Å². The minimum absolute atomic E-state index is 0.282. The van der Waals surface area contributed by atoms with Crippen LogP contribution in [0.2, 0.25) is 0 Å². The molecule has 2 N–H and O–H groups in total. The van der Waals surface area contributed by atoms with E-state index in [4.69, 9.17) is 10.2 Å². The van der Waals surface area contributed by atoms with Gasteiger partial charge in [0.25, 0.3) is 0 Å². The molecule has 1 rings (SSSR count). The number of hydrogen-bond acceptors (Lipinski definition) is 3. The monoisotopic (exact) mass is 492 g/mol. The second-order valence-electron chi connectivity index (χ2n) is 3.34. The van der Waals surface area contributed by atoms with Gasteiger partial charge >= 0.3 is 11.9 Å². The van der Waals surface area contributed by atoms with Crippen LogP contribution in [0.15, 0.2) is 15.0 Å². The van der Waals surface area contributed by atoms with Gasteiger partial charge in [-0.1, -0.05) is 0 Å². The molecule has 1 aromatic rings. The Morgan fingerprint density at radius 2 is 1.72 bits per heavy atom. The number of hydrogen-bond donors (Lipinski definition) is 2. The van der Waals surface area contributed by atoms with Crippen molar-refractivity contribution in [3.8, 4) is 0 Å². The van der Waals surface area contributed by atoms with Gasteiger partial charge in [-0.2, -0.15) is 0 Å². The van der Waals surface area contributed by atoms with Crippen LogP contribution in [0.4, 0.5) is 0 Å². The first-order chi connectivity index (χ1) is 8.36. The maximum absolute atomic E-state index is 11.3. The van der Waals surface area contributed by atoms with Gasteiger partial charge in [-0.15, -0.1) is 0 Å². The van der Waals surface area contributed by atoms with E-state index in [-0.39, 0.29) is 12.8 Å². The van der Waals surface area contributed by atoms with E-state index in [9.17, 15) is 12.7 Å². The van der Waals surface area contributed by atoms with Crippen molar-refractivity contribution in [3.63, 3.8) is 0 Å². The summed E-state index contributed by atoms with van der Waals surface area (Å²) in [5.74, 6) is -2.11. The molecule has 18 heavy (non-hydrogen) atoms. The van der Waals surface area contributed by atoms with Gasteiger partial charge in [0.1, 0.15) is 0 Å². The van der Waals surface area contributed by atoms with Crippen molar-refractivity contribution in [1.82, 2.24) is 0 Å². The van der Waals surface area contributed by atoms with E-state index in [1.165, 1.54) is 0 Å². The van der Waals surface area contributed by atoms with E-state index in [1.807, 2.05) is 0 Å². The third kappa shape index (κ3) is 3.82. The fourth-order valence-electron chi connectivity index (χ4n) is 1.41. The summed E-state index contributed by atoms with van der Waals surface area (Å²) in [5.41, 5.74) is 0.757. The first kappa shape index (κ1) is 15.7. The average Bonchev–Trinajstić information content (AvgIpc) is 2.24. The Bertz CT molecular complexity index is 529. The quantitative estimate of drug-likeness (QED) is 0.486. The molecule has 0 fully saturated rings. The summed E-state index contributed by atoms with van der Waals surface area (Å²) < 4.78 is 12.7. The Morgan fingerprint density at radius 1 is 1.17 bits per heavy atom. The maximum atomic E-state index is 11.3. The third-order valence-corrected chi connectivity index (χ3v) is 5.92. The summed E-state index contributed by atoms with van der Waals surface area (Å²) in [6, 6.07) is 1.55. The summed E-state index contributed by atoms with van der Waals surface area (Å²) in [6.07, 6.45) is -0.584. The Hall–Kier alpha value is -0.350. The number of halogens is 3. The molecule has 0 aliphatic rings. The topological polar surface area (TPSA) is 91.7 Å². The molecule has 0 amide bonds. The number of rotatable bonds is 5. The molecule has 0 saturated carbocycles. The molecule has 1 aromatic carbocycles. The van der Waals surface area contributed by atoms with Gasteiger partial charge < -0.3 is 10.2 Å². The molecule has 0 saturated heterocycles. The number of benzene rings is 1. The van der Waals surface area contributed by atoms with Crippen LogP contribution in [0.1, 0.15) is 11.1 Å². The fraction of sp³-hybridized carbons (Fsp3) is 0.200. The lowest BCUT2D eigenvalue weighted by Crippen LogP contribution is -2.09. The van der Waals surface area contributed by atoms with Crippen molar-refractivity contribution in [2.75, 3.05) is 0 Å². The smallest absolute Gasteiger partial charge is 0.307 e. The molecule has 0 aliphatic carbocycles. The Morgan fingerprint density at radius 3 is 2.17 bits per heavy atom. The first-order valence-electron chi connectivity index (χ1n) is 4.57. The molecular formula is C10H7Br2IO5. The number of carboxylic acids is 2. The Labute approximate surface area is 129 Å². The van der Waals surface area contributed by atoms with E-state index >= 15 is 0 Å². The largest absolute Gasteiger partial charge is 0.481 e. The summed E-state index contributed by atoms with van der Waals surface area (Å²) in [4.78, 5) is 21.5. The summed E-state index contributed by atoms with van der Waals surface area (Å²) in [5, 5.41) is 17.6. The zero-order valence-corrected chi connectivity index (χ0v) is 14.1. The van der Waals surface area contributed by atoms with Crippen LogP contribution in [0.5, 0.6) is 0 Å². The van der Waals surface area contributed by atoms with Crippen LogP contribution in [0, 0.1) is 3.57 Å². The highest BCUT2D eigenvalue weighted by Gasteiger charge is 2.19. The maximum Gasteiger partial charge on any atom is 0.307 e. The lowest BCUT2D eigenvalue weighted by atomic mass is 10.1. The van der Waals surface area contributed by atoms with Crippen LogP contribution in [-0.2, 0) is 25.5 Å². The fourth-order valence-corrected chi connectivity index (χ4v) is 4.10. The molecule has 0 heterocycles. The van der Waals surface area contributed by atoms with Gasteiger partial charge in [-0.3, -0.25) is 12.7 Å². The van der Waals surface area contributed by atoms with Crippen LogP contribution in [-0.4, -0.2) is 22.2 Å². The molecular weight excluding hydrogens is 487 g/mol. The van der Waals surface area contributed by atoms with Crippen molar-refractivity contribution in [2.24, 2.45) is 0 Å². The van der Waals surface area contributed by atoms with Gasteiger partial charge in [0.2, 0.25) is 0 Å². The second kappa shape index (κ2) is 6.71. The van der Waals surface area contributed by atoms with E-state index in [0.29, 0.717) is 23.6 Å². The first-order valence-corrected chi connectivity index (χ1v) is 8.11. The number of aliphatic carboxylic acids is 2. The normalized spacial score (nSPS) is 10.3. The zero-order chi connectivity index (χ0) is 13.9. The summed E-state index contributed by atoms with van der Waals surface area (Å²) >= 11 is 4.78. The highest BCUT2D eigenvalue weighted by atomic mass is 127. The van der Waals surface area contributed by atoms with E-state index in [2.05, 4.69) is 31.9 Å². The lowest BCUT2D eigenvalue weighted by Gasteiger charge is -2.11. The number of carboxylic acid groups (broad SMARTS) is 2. The standard InChI is InChI=1S/C10H7Br2IO5/c11-6-1-4(2-7(14)15)10(13-18)5(9(6)12)3-8(16)17/h1H,2-3H2,(H,14,15)(H,16,17). The van der Waals surface area contributed by atoms with Gasteiger partial charge in [0, 0.05) is 8.95 Å². The molecule has 5 nitrogen and oxygen atoms in total. The average molecular weight is 494 g/mol. The SMILES string of the molecule is O=Ic1c(CC(=O)O)cc(Br)c(Br)c1CC(=O)O. The molecule has 0 atom stereocenters. The van der Waals surface area contributed by atoms with E-state index in [0.717, 1.165) is 0 Å². The Balaban J connectivity index is 3.45. The summed E-state index contributed by atoms with van der Waals surface area (Å²) in [6.45, 7) is 0. The third-order valence-electron chi connectivity index (χ3n) is 2.07. The van der Waals surface area contributed by atoms with Crippen molar-refractivity contribution < 1.29 is 22.9 Å². The van der Waals surface area contributed by atoms with Crippen molar-refractivity contribution in [3.05, 3.63) is 29.7 Å². The minimum Gasteiger partial charge on any atom is -0.481 e. The van der Waals surface area contributed by atoms with Crippen LogP contribution < -0.4 is 0 Å². The van der Waals surface area contributed by atoms with Crippen molar-refractivity contribution in [2.45, 2.75) is 12.8 Å². The van der Waals surface area contributed by atoms with Gasteiger partial charge in [-0.05, 0) is 49.1 Å². The molecule has 0 radical (unpaired) electrons. The molecule has 8 heteroatoms. The molecule has 0 spiro atoms. The highest BCUT2D eigenvalue weighted by molar-refractivity contribution is 14.1. The van der Waals surface area contributed by atoms with Gasteiger partial charge in [0.05, 0.1) is 16.4 Å². The predicted molar refractivity (Wildman–Crippen MR) is 77.9 cm³/mol. The molecule has 0 aromatic heterocycles. The second-order valence-corrected chi connectivity index (χ2v) is 6.51. The predicted octanol–water partition coefficient (Wildman–Crippen LogP) is 2.95. The molecule has 98 valence electrons. The summed E-state index contributed by atoms with van der Waals surface area (Å²) in [7, 11) is 0. The van der Waals surface area contributed by atoms with Crippen LogP contribution >= 0.6 is 53.1 Å². The minimum atomic E-state index is -1.65. The van der Waals surface area contributed by atoms with Gasteiger partial charge in [0.15, 0.2) is 21.2 Å². The van der Waals surface area contributed by atoms with Crippen molar-refractivity contribution in [1.29, 1.82) is 0 Å². The molecule has 0 unspecified atom stereocenters. The zero-order valence-electron chi connectivity index (χ0n) is 8.74. The van der Waals surface area contributed by atoms with E-state index < -0.39 is 33.1 Å². The van der Waals surface area contributed by atoms with E-state index in [1.54, 1.807) is 6.07 Å². The number of carbonyl (C=O) groups is 2. The molecule has 0 bridgehead atoms. The van der Waals surface area contributed by atoms with Crippen LogP contribution in [0.25, 0.3) is 0 Å².